The molecule has 7 heteroatoms. The Hall–Kier alpha value is -1.47. The normalized spacial score (nSPS) is 23.6. The minimum atomic E-state index is -1.02. The molecule has 1 aliphatic heterocycles. The quantitative estimate of drug-likeness (QED) is 0.843. The van der Waals surface area contributed by atoms with Crippen LogP contribution in [0.1, 0.15) is 17.7 Å². The molecule has 1 fully saturated rings. The summed E-state index contributed by atoms with van der Waals surface area (Å²) in [6.45, 7) is 1.89. The van der Waals surface area contributed by atoms with Crippen molar-refractivity contribution in [2.24, 2.45) is 0 Å². The highest BCUT2D eigenvalue weighted by atomic mass is 32.1. The Morgan fingerprint density at radius 3 is 2.76 bits per heavy atom. The first kappa shape index (κ1) is 12.0. The number of carbonyl (C=O) groups is 2. The van der Waals surface area contributed by atoms with Crippen LogP contribution in [-0.2, 0) is 14.3 Å². The average molecular weight is 256 g/mol. The second kappa shape index (κ2) is 4.80. The van der Waals surface area contributed by atoms with Gasteiger partial charge in [-0.3, -0.25) is 10.1 Å². The first-order valence-corrected chi connectivity index (χ1v) is 5.99. The van der Waals surface area contributed by atoms with Crippen LogP contribution in [-0.4, -0.2) is 34.2 Å². The molecule has 0 aliphatic carbocycles. The summed E-state index contributed by atoms with van der Waals surface area (Å²) in [4.78, 5) is 27.4. The maximum absolute atomic E-state index is 11.7. The van der Waals surface area contributed by atoms with E-state index in [1.807, 2.05) is 6.92 Å². The van der Waals surface area contributed by atoms with Gasteiger partial charge in [0.15, 0.2) is 11.2 Å². The lowest BCUT2D eigenvalue weighted by molar-refractivity contribution is -0.150. The van der Waals surface area contributed by atoms with E-state index in [-0.39, 0.29) is 5.91 Å². The molecule has 0 bridgehead atoms. The van der Waals surface area contributed by atoms with Crippen LogP contribution in [0.15, 0.2) is 6.20 Å². The van der Waals surface area contributed by atoms with E-state index in [9.17, 15) is 9.59 Å². The standard InChI is InChI=1S/C10H12N2O4S/c1-5-4-11-10(17-5)12-8(13)6-2-3-7(16-6)9(14)15/h4,6-7H,2-3H2,1H3,(H,14,15)(H,11,12,13)/t6-,7+/m0/s1. The van der Waals surface area contributed by atoms with E-state index >= 15 is 0 Å². The summed E-state index contributed by atoms with van der Waals surface area (Å²) in [5.41, 5.74) is 0. The van der Waals surface area contributed by atoms with E-state index < -0.39 is 18.2 Å². The second-order valence-corrected chi connectivity index (χ2v) is 5.03. The second-order valence-electron chi connectivity index (χ2n) is 3.79. The summed E-state index contributed by atoms with van der Waals surface area (Å²) < 4.78 is 5.13. The number of nitrogens with zero attached hydrogens (tertiary/aromatic N) is 1. The molecule has 1 aromatic rings. The molecule has 0 aromatic carbocycles. The predicted octanol–water partition coefficient (Wildman–Crippen LogP) is 1.02. The first-order valence-electron chi connectivity index (χ1n) is 5.18. The zero-order valence-electron chi connectivity index (χ0n) is 9.17. The van der Waals surface area contributed by atoms with Crippen LogP contribution in [0.2, 0.25) is 0 Å². The van der Waals surface area contributed by atoms with Gasteiger partial charge in [0.1, 0.15) is 6.10 Å². The molecule has 1 saturated heterocycles. The maximum Gasteiger partial charge on any atom is 0.332 e. The Bertz CT molecular complexity index is 445. The number of carbonyl (C=O) groups excluding carboxylic acids is 1. The van der Waals surface area contributed by atoms with Crippen molar-refractivity contribution >= 4 is 28.3 Å². The maximum atomic E-state index is 11.7. The SMILES string of the molecule is Cc1cnc(NC(=O)[C@@H]2CC[C@H](C(=O)O)O2)s1. The van der Waals surface area contributed by atoms with Crippen molar-refractivity contribution in [3.05, 3.63) is 11.1 Å². The number of aromatic nitrogens is 1. The van der Waals surface area contributed by atoms with Gasteiger partial charge in [-0.1, -0.05) is 0 Å². The third-order valence-corrected chi connectivity index (χ3v) is 3.27. The number of nitrogens with one attached hydrogen (secondary N) is 1. The predicted molar refractivity (Wildman–Crippen MR) is 61.0 cm³/mol. The molecule has 0 spiro atoms. The Morgan fingerprint density at radius 2 is 2.24 bits per heavy atom. The van der Waals surface area contributed by atoms with Crippen LogP contribution in [0.5, 0.6) is 0 Å². The number of anilines is 1. The first-order chi connectivity index (χ1) is 8.06. The van der Waals surface area contributed by atoms with Crippen molar-refractivity contribution in [3.63, 3.8) is 0 Å². The van der Waals surface area contributed by atoms with Gasteiger partial charge in [0.2, 0.25) is 0 Å². The topological polar surface area (TPSA) is 88.5 Å². The van der Waals surface area contributed by atoms with Gasteiger partial charge in [0, 0.05) is 11.1 Å². The van der Waals surface area contributed by atoms with Crippen LogP contribution in [0.3, 0.4) is 0 Å². The third kappa shape index (κ3) is 2.80. The number of aryl methyl sites for hydroxylation is 1. The fraction of sp³-hybridized carbons (Fsp3) is 0.500. The molecule has 1 aliphatic rings. The van der Waals surface area contributed by atoms with E-state index in [0.717, 1.165) is 4.88 Å². The van der Waals surface area contributed by atoms with Crippen LogP contribution < -0.4 is 5.32 Å². The van der Waals surface area contributed by atoms with E-state index in [0.29, 0.717) is 18.0 Å². The van der Waals surface area contributed by atoms with Crippen molar-refractivity contribution in [3.8, 4) is 0 Å². The van der Waals surface area contributed by atoms with Crippen LogP contribution in [0, 0.1) is 6.92 Å². The highest BCUT2D eigenvalue weighted by Gasteiger charge is 2.34. The highest BCUT2D eigenvalue weighted by Crippen LogP contribution is 2.22. The van der Waals surface area contributed by atoms with Crippen molar-refractivity contribution < 1.29 is 19.4 Å². The zero-order valence-corrected chi connectivity index (χ0v) is 9.99. The number of thiazole rings is 1. The van der Waals surface area contributed by atoms with Gasteiger partial charge < -0.3 is 9.84 Å². The van der Waals surface area contributed by atoms with Gasteiger partial charge >= 0.3 is 5.97 Å². The Kier molecular flexibility index (Phi) is 3.39. The number of hydrogen-bond acceptors (Lipinski definition) is 5. The van der Waals surface area contributed by atoms with E-state index in [1.54, 1.807) is 6.20 Å². The van der Waals surface area contributed by atoms with Gasteiger partial charge in [-0.05, 0) is 19.8 Å². The smallest absolute Gasteiger partial charge is 0.332 e. The largest absolute Gasteiger partial charge is 0.479 e. The third-order valence-electron chi connectivity index (χ3n) is 2.44. The van der Waals surface area contributed by atoms with Crippen LogP contribution in [0.4, 0.5) is 5.13 Å². The van der Waals surface area contributed by atoms with Crippen molar-refractivity contribution in [2.75, 3.05) is 5.32 Å². The number of rotatable bonds is 3. The summed E-state index contributed by atoms with van der Waals surface area (Å²) in [5.74, 6) is -1.35. The van der Waals surface area contributed by atoms with Gasteiger partial charge in [-0.15, -0.1) is 11.3 Å². The molecule has 0 saturated carbocycles. The molecule has 1 aromatic heterocycles. The number of carboxylic acid groups (broad SMARTS) is 1. The number of aliphatic carboxylic acids is 1. The molecular formula is C10H12N2O4S. The Morgan fingerprint density at radius 1 is 1.53 bits per heavy atom. The molecule has 6 nitrogen and oxygen atoms in total. The number of ether oxygens (including phenoxy) is 1. The van der Waals surface area contributed by atoms with Gasteiger partial charge in [-0.2, -0.15) is 0 Å². The number of carboxylic acids is 1. The lowest BCUT2D eigenvalue weighted by Crippen LogP contribution is -2.29. The van der Waals surface area contributed by atoms with Gasteiger partial charge in [-0.25, -0.2) is 9.78 Å². The van der Waals surface area contributed by atoms with Gasteiger partial charge in [0.05, 0.1) is 0 Å². The molecule has 2 heterocycles. The van der Waals surface area contributed by atoms with Crippen LogP contribution in [0.25, 0.3) is 0 Å². The summed E-state index contributed by atoms with van der Waals surface area (Å²) >= 11 is 1.37. The molecule has 1 amide bonds. The summed E-state index contributed by atoms with van der Waals surface area (Å²) in [5, 5.41) is 11.9. The summed E-state index contributed by atoms with van der Waals surface area (Å²) in [6, 6.07) is 0. The summed E-state index contributed by atoms with van der Waals surface area (Å²) in [6.07, 6.45) is 0.886. The molecule has 2 N–H and O–H groups in total. The number of amides is 1. The van der Waals surface area contributed by atoms with E-state index in [2.05, 4.69) is 10.3 Å². The zero-order chi connectivity index (χ0) is 12.4. The summed E-state index contributed by atoms with van der Waals surface area (Å²) in [7, 11) is 0. The lowest BCUT2D eigenvalue weighted by Gasteiger charge is -2.09. The van der Waals surface area contributed by atoms with Crippen molar-refractivity contribution in [2.45, 2.75) is 32.0 Å². The minimum absolute atomic E-state index is 0.330. The molecule has 17 heavy (non-hydrogen) atoms. The molecular weight excluding hydrogens is 244 g/mol. The fourth-order valence-electron chi connectivity index (χ4n) is 1.61. The van der Waals surface area contributed by atoms with E-state index in [4.69, 9.17) is 9.84 Å². The average Bonchev–Trinajstić information content (AvgIpc) is 2.86. The molecule has 0 radical (unpaired) electrons. The Labute approximate surface area is 102 Å². The minimum Gasteiger partial charge on any atom is -0.479 e. The monoisotopic (exact) mass is 256 g/mol. The van der Waals surface area contributed by atoms with Gasteiger partial charge in [0.25, 0.3) is 5.91 Å². The highest BCUT2D eigenvalue weighted by molar-refractivity contribution is 7.15. The Balaban J connectivity index is 1.91. The van der Waals surface area contributed by atoms with Crippen LogP contribution >= 0.6 is 11.3 Å². The van der Waals surface area contributed by atoms with Crippen molar-refractivity contribution in [1.29, 1.82) is 0 Å². The fourth-order valence-corrected chi connectivity index (χ4v) is 2.28. The number of hydrogen-bond donors (Lipinski definition) is 2. The lowest BCUT2D eigenvalue weighted by atomic mass is 10.2. The van der Waals surface area contributed by atoms with E-state index in [1.165, 1.54) is 11.3 Å². The molecule has 0 unspecified atom stereocenters. The van der Waals surface area contributed by atoms with Crippen molar-refractivity contribution in [1.82, 2.24) is 4.98 Å². The molecule has 2 atom stereocenters. The molecule has 2 rings (SSSR count). The molecule has 92 valence electrons.